The topological polar surface area (TPSA) is 58.1 Å². The molecule has 2 heterocycles. The number of ether oxygens (including phenoxy) is 2. The van der Waals surface area contributed by atoms with Crippen LogP contribution in [0.15, 0.2) is 23.2 Å². The molecule has 0 radical (unpaired) electrons. The van der Waals surface area contributed by atoms with Crippen LogP contribution in [-0.4, -0.2) is 62.9 Å². The summed E-state index contributed by atoms with van der Waals surface area (Å²) in [5.41, 5.74) is 2.35. The molecule has 2 saturated heterocycles. The average molecular weight is 516 g/mol. The molecule has 0 aromatic heterocycles. The van der Waals surface area contributed by atoms with Gasteiger partial charge >= 0.3 is 0 Å². The lowest BCUT2D eigenvalue weighted by atomic mass is 10.0. The molecule has 2 unspecified atom stereocenters. The summed E-state index contributed by atoms with van der Waals surface area (Å²) in [6, 6.07) is 7.07. The fourth-order valence-corrected chi connectivity index (χ4v) is 3.91. The Morgan fingerprint density at radius 2 is 2.14 bits per heavy atom. The summed E-state index contributed by atoms with van der Waals surface area (Å²) >= 11 is 0. The van der Waals surface area contributed by atoms with E-state index in [1.54, 1.807) is 0 Å². The predicted octanol–water partition coefficient (Wildman–Crippen LogP) is 3.32. The van der Waals surface area contributed by atoms with Crippen LogP contribution in [0.3, 0.4) is 0 Å². The van der Waals surface area contributed by atoms with Crippen molar-refractivity contribution in [2.45, 2.75) is 58.2 Å². The number of likely N-dealkylation sites (tertiary alicyclic amines) is 1. The van der Waals surface area contributed by atoms with E-state index in [4.69, 9.17) is 9.47 Å². The minimum absolute atomic E-state index is 0. The third-order valence-corrected chi connectivity index (χ3v) is 5.71. The van der Waals surface area contributed by atoms with Gasteiger partial charge in [-0.2, -0.15) is 0 Å². The van der Waals surface area contributed by atoms with E-state index in [0.717, 1.165) is 43.4 Å². The quantitative estimate of drug-likeness (QED) is 0.331. The molecule has 2 aliphatic heterocycles. The predicted molar refractivity (Wildman–Crippen MR) is 130 cm³/mol. The Bertz CT molecular complexity index is 650. The number of hydrogen-bond acceptors (Lipinski definition) is 4. The van der Waals surface area contributed by atoms with Crippen LogP contribution in [0.4, 0.5) is 0 Å². The largest absolute Gasteiger partial charge is 0.488 e. The molecule has 164 valence electrons. The Balaban J connectivity index is 0.00000300. The van der Waals surface area contributed by atoms with Crippen molar-refractivity contribution in [3.05, 3.63) is 29.3 Å². The van der Waals surface area contributed by atoms with Crippen LogP contribution in [0.25, 0.3) is 0 Å². The third-order valence-electron chi connectivity index (χ3n) is 5.71. The summed E-state index contributed by atoms with van der Waals surface area (Å²) in [6.07, 6.45) is 5.11. The first kappa shape index (κ1) is 24.2. The fraction of sp³-hybridized carbons (Fsp3) is 0.682. The molecule has 2 fully saturated rings. The van der Waals surface area contributed by atoms with E-state index < -0.39 is 0 Å². The number of aliphatic imine (C=N–C) groups is 1. The zero-order chi connectivity index (χ0) is 19.8. The van der Waals surface area contributed by atoms with Crippen molar-refractivity contribution in [2.24, 2.45) is 4.99 Å². The molecular weight excluding hydrogens is 479 g/mol. The Hall–Kier alpha value is -1.06. The molecular formula is C22H37IN4O2. The van der Waals surface area contributed by atoms with E-state index in [0.29, 0.717) is 19.2 Å². The van der Waals surface area contributed by atoms with Crippen molar-refractivity contribution in [1.82, 2.24) is 15.5 Å². The molecule has 0 amide bonds. The first-order valence-corrected chi connectivity index (χ1v) is 10.7. The first-order valence-electron chi connectivity index (χ1n) is 10.7. The van der Waals surface area contributed by atoms with Crippen LogP contribution in [0.1, 0.15) is 43.7 Å². The maximum atomic E-state index is 6.19. The number of halogens is 1. The van der Waals surface area contributed by atoms with Crippen LogP contribution in [0.2, 0.25) is 0 Å². The van der Waals surface area contributed by atoms with Crippen molar-refractivity contribution in [1.29, 1.82) is 0 Å². The van der Waals surface area contributed by atoms with Crippen molar-refractivity contribution < 1.29 is 9.47 Å². The van der Waals surface area contributed by atoms with Gasteiger partial charge in [0.05, 0.1) is 13.2 Å². The van der Waals surface area contributed by atoms with Gasteiger partial charge in [0.2, 0.25) is 0 Å². The van der Waals surface area contributed by atoms with Crippen molar-refractivity contribution in [2.75, 3.05) is 39.9 Å². The molecule has 2 aliphatic rings. The molecule has 0 saturated carbocycles. The summed E-state index contributed by atoms with van der Waals surface area (Å²) in [7, 11) is 1.82. The maximum absolute atomic E-state index is 6.19. The van der Waals surface area contributed by atoms with E-state index in [1.807, 2.05) is 7.05 Å². The van der Waals surface area contributed by atoms with Crippen LogP contribution >= 0.6 is 24.0 Å². The number of hydrogen-bond donors (Lipinski definition) is 2. The number of guanidine groups is 1. The molecule has 0 aliphatic carbocycles. The van der Waals surface area contributed by atoms with Gasteiger partial charge in [-0.1, -0.05) is 18.6 Å². The summed E-state index contributed by atoms with van der Waals surface area (Å²) in [4.78, 5) is 6.94. The first-order chi connectivity index (χ1) is 13.7. The maximum Gasteiger partial charge on any atom is 0.191 e. The van der Waals surface area contributed by atoms with Crippen LogP contribution in [0, 0.1) is 6.92 Å². The molecule has 2 N–H and O–H groups in total. The molecule has 29 heavy (non-hydrogen) atoms. The SMILES string of the molecule is CN=C(NCCN1CCCCC1C)NCc1ccc(C)cc1OC1CCOC1.I. The van der Waals surface area contributed by atoms with Gasteiger partial charge in [0.1, 0.15) is 11.9 Å². The molecule has 6 nitrogen and oxygen atoms in total. The number of nitrogens with one attached hydrogen (secondary N) is 2. The molecule has 3 rings (SSSR count). The molecule has 0 bridgehead atoms. The summed E-state index contributed by atoms with van der Waals surface area (Å²) in [5, 5.41) is 6.88. The number of piperidine rings is 1. The van der Waals surface area contributed by atoms with E-state index in [-0.39, 0.29) is 30.1 Å². The lowest BCUT2D eigenvalue weighted by Crippen LogP contribution is -2.45. The van der Waals surface area contributed by atoms with E-state index in [9.17, 15) is 0 Å². The van der Waals surface area contributed by atoms with Crippen LogP contribution in [-0.2, 0) is 11.3 Å². The molecule has 1 aromatic carbocycles. The highest BCUT2D eigenvalue weighted by molar-refractivity contribution is 14.0. The Labute approximate surface area is 192 Å². The second kappa shape index (κ2) is 12.6. The minimum Gasteiger partial charge on any atom is -0.488 e. The highest BCUT2D eigenvalue weighted by atomic mass is 127. The summed E-state index contributed by atoms with van der Waals surface area (Å²) in [6.45, 7) is 9.75. The number of rotatable bonds is 7. The summed E-state index contributed by atoms with van der Waals surface area (Å²) < 4.78 is 11.6. The van der Waals surface area contributed by atoms with Gasteiger partial charge in [-0.25, -0.2) is 0 Å². The Kier molecular flexibility index (Phi) is 10.5. The minimum atomic E-state index is 0. The highest BCUT2D eigenvalue weighted by Crippen LogP contribution is 2.23. The molecule has 0 spiro atoms. The van der Waals surface area contributed by atoms with Gasteiger partial charge in [-0.3, -0.25) is 9.89 Å². The van der Waals surface area contributed by atoms with Gasteiger partial charge in [0.25, 0.3) is 0 Å². The van der Waals surface area contributed by atoms with Gasteiger partial charge < -0.3 is 20.1 Å². The van der Waals surface area contributed by atoms with Gasteiger partial charge in [0.15, 0.2) is 5.96 Å². The lowest BCUT2D eigenvalue weighted by Gasteiger charge is -2.33. The van der Waals surface area contributed by atoms with E-state index >= 15 is 0 Å². The van der Waals surface area contributed by atoms with Gasteiger partial charge in [-0.15, -0.1) is 24.0 Å². The van der Waals surface area contributed by atoms with Crippen LogP contribution in [0.5, 0.6) is 5.75 Å². The number of aryl methyl sites for hydroxylation is 1. The van der Waals surface area contributed by atoms with Crippen LogP contribution < -0.4 is 15.4 Å². The smallest absolute Gasteiger partial charge is 0.191 e. The monoisotopic (exact) mass is 516 g/mol. The van der Waals surface area contributed by atoms with Gasteiger partial charge in [-0.05, 0) is 44.9 Å². The molecule has 7 heteroatoms. The molecule has 1 aromatic rings. The number of benzene rings is 1. The van der Waals surface area contributed by atoms with Crippen molar-refractivity contribution in [3.63, 3.8) is 0 Å². The molecule has 2 atom stereocenters. The average Bonchev–Trinajstić information content (AvgIpc) is 3.20. The van der Waals surface area contributed by atoms with E-state index in [2.05, 4.69) is 52.6 Å². The van der Waals surface area contributed by atoms with Gasteiger partial charge in [0, 0.05) is 44.7 Å². The fourth-order valence-electron chi connectivity index (χ4n) is 3.91. The Morgan fingerprint density at radius 1 is 1.28 bits per heavy atom. The normalized spacial score (nSPS) is 22.8. The highest BCUT2D eigenvalue weighted by Gasteiger charge is 2.19. The van der Waals surface area contributed by atoms with Crippen molar-refractivity contribution in [3.8, 4) is 5.75 Å². The summed E-state index contributed by atoms with van der Waals surface area (Å²) in [5.74, 6) is 1.78. The zero-order valence-corrected chi connectivity index (χ0v) is 20.4. The second-order valence-corrected chi connectivity index (χ2v) is 7.95. The third kappa shape index (κ3) is 7.61. The second-order valence-electron chi connectivity index (χ2n) is 7.95. The standard InChI is InChI=1S/C22H36N4O2.HI/c1-17-7-8-19(21(14-17)28-20-9-13-27-16-20)15-25-22(23-3)24-10-12-26-11-5-4-6-18(26)2;/h7-8,14,18,20H,4-6,9-13,15-16H2,1-3H3,(H2,23,24,25);1H. The number of nitrogens with zero attached hydrogens (tertiary/aromatic N) is 2. The zero-order valence-electron chi connectivity index (χ0n) is 18.1. The Morgan fingerprint density at radius 3 is 2.86 bits per heavy atom. The lowest BCUT2D eigenvalue weighted by molar-refractivity contribution is 0.140. The van der Waals surface area contributed by atoms with Crippen molar-refractivity contribution >= 4 is 29.9 Å². The van der Waals surface area contributed by atoms with E-state index in [1.165, 1.54) is 31.4 Å².